The number of methoxy groups -OCH3 is 1. The van der Waals surface area contributed by atoms with Gasteiger partial charge in [0.1, 0.15) is 5.75 Å². The van der Waals surface area contributed by atoms with Crippen LogP contribution in [0.5, 0.6) is 5.75 Å². The van der Waals surface area contributed by atoms with E-state index in [4.69, 9.17) is 21.4 Å². The number of carbonyl (C=O) groups excluding carboxylic acids is 1. The Morgan fingerprint density at radius 1 is 1.27 bits per heavy atom. The number of nitrogens with zero attached hydrogens (tertiary/aromatic N) is 1. The summed E-state index contributed by atoms with van der Waals surface area (Å²) in [5.74, 6) is -0.674. The van der Waals surface area contributed by atoms with E-state index >= 15 is 0 Å². The topological polar surface area (TPSA) is 88.0 Å². The molecule has 0 unspecified atom stereocenters. The van der Waals surface area contributed by atoms with Gasteiger partial charge in [0.25, 0.3) is 5.91 Å². The number of carbonyl (C=O) groups is 2. The number of amides is 1. The molecule has 0 spiro atoms. The fourth-order valence-corrected chi connectivity index (χ4v) is 3.24. The number of rotatable bonds is 4. The monoisotopic (exact) mass is 388 g/mol. The number of amidine groups is 1. The van der Waals surface area contributed by atoms with E-state index in [1.165, 1.54) is 23.9 Å². The number of carboxylic acids is 1. The third-order valence-corrected chi connectivity index (χ3v) is 4.71. The molecule has 1 fully saturated rings. The van der Waals surface area contributed by atoms with Gasteiger partial charge in [-0.2, -0.15) is 0 Å². The van der Waals surface area contributed by atoms with Crippen LogP contribution in [0, 0.1) is 0 Å². The standard InChI is InChI=1S/C18H13ClN2O4S/c1-25-12-5-2-10(3-6-12)8-15-16(22)21-18(26-15)20-11-4-7-14(19)13(9-11)17(23)24/h2-9H,1H3,(H,23,24)(H,20,21,22). The first-order chi connectivity index (χ1) is 12.5. The maximum Gasteiger partial charge on any atom is 0.337 e. The molecule has 1 amide bonds. The summed E-state index contributed by atoms with van der Waals surface area (Å²) in [7, 11) is 1.59. The first-order valence-electron chi connectivity index (χ1n) is 7.43. The number of hydrogen-bond acceptors (Lipinski definition) is 5. The van der Waals surface area contributed by atoms with Gasteiger partial charge in [-0.25, -0.2) is 9.79 Å². The summed E-state index contributed by atoms with van der Waals surface area (Å²) < 4.78 is 5.10. The van der Waals surface area contributed by atoms with Crippen LogP contribution in [0.25, 0.3) is 6.08 Å². The molecule has 0 aliphatic carbocycles. The van der Waals surface area contributed by atoms with E-state index in [0.717, 1.165) is 11.3 Å². The normalized spacial score (nSPS) is 16.8. The molecule has 0 atom stereocenters. The predicted molar refractivity (Wildman–Crippen MR) is 102 cm³/mol. The molecule has 2 aromatic carbocycles. The van der Waals surface area contributed by atoms with Crippen LogP contribution in [0.15, 0.2) is 52.4 Å². The van der Waals surface area contributed by atoms with Crippen molar-refractivity contribution < 1.29 is 19.4 Å². The number of aliphatic imine (C=N–C) groups is 1. The Hall–Kier alpha value is -2.77. The molecule has 2 aromatic rings. The summed E-state index contributed by atoms with van der Waals surface area (Å²) in [5, 5.41) is 12.3. The van der Waals surface area contributed by atoms with Crippen LogP contribution in [0.1, 0.15) is 15.9 Å². The molecule has 8 heteroatoms. The molecule has 1 heterocycles. The minimum Gasteiger partial charge on any atom is -0.497 e. The van der Waals surface area contributed by atoms with Gasteiger partial charge in [-0.3, -0.25) is 4.79 Å². The maximum atomic E-state index is 12.1. The van der Waals surface area contributed by atoms with Crippen LogP contribution in [-0.4, -0.2) is 29.3 Å². The van der Waals surface area contributed by atoms with Crippen LogP contribution in [0.4, 0.5) is 5.69 Å². The second-order valence-electron chi connectivity index (χ2n) is 5.22. The summed E-state index contributed by atoms with van der Waals surface area (Å²) in [5.41, 5.74) is 1.20. The lowest BCUT2D eigenvalue weighted by Crippen LogP contribution is -2.19. The zero-order valence-corrected chi connectivity index (χ0v) is 15.1. The molecule has 2 N–H and O–H groups in total. The van der Waals surface area contributed by atoms with Gasteiger partial charge >= 0.3 is 5.97 Å². The Labute approximate surface area is 158 Å². The van der Waals surface area contributed by atoms with Gasteiger partial charge < -0.3 is 15.2 Å². The van der Waals surface area contributed by atoms with Crippen molar-refractivity contribution in [3.63, 3.8) is 0 Å². The highest BCUT2D eigenvalue weighted by atomic mass is 35.5. The Balaban J connectivity index is 1.82. The van der Waals surface area contributed by atoms with Crippen LogP contribution in [0.3, 0.4) is 0 Å². The van der Waals surface area contributed by atoms with Crippen LogP contribution >= 0.6 is 23.4 Å². The average molecular weight is 389 g/mol. The fourth-order valence-electron chi connectivity index (χ4n) is 2.20. The number of ether oxygens (including phenoxy) is 1. The van der Waals surface area contributed by atoms with Gasteiger partial charge in [0, 0.05) is 0 Å². The SMILES string of the molecule is COc1ccc(C=C2SC(=Nc3ccc(Cl)c(C(=O)O)c3)NC2=O)cc1. The van der Waals surface area contributed by atoms with Gasteiger partial charge in [0.2, 0.25) is 0 Å². The van der Waals surface area contributed by atoms with Crippen molar-refractivity contribution in [2.24, 2.45) is 4.99 Å². The fraction of sp³-hybridized carbons (Fsp3) is 0.0556. The molecule has 1 aliphatic heterocycles. The summed E-state index contributed by atoms with van der Waals surface area (Å²) in [4.78, 5) is 28.0. The summed E-state index contributed by atoms with van der Waals surface area (Å²) in [6.45, 7) is 0. The van der Waals surface area contributed by atoms with Gasteiger partial charge in [-0.1, -0.05) is 23.7 Å². The largest absolute Gasteiger partial charge is 0.497 e. The smallest absolute Gasteiger partial charge is 0.337 e. The van der Waals surface area contributed by atoms with Crippen LogP contribution < -0.4 is 10.1 Å². The van der Waals surface area contributed by atoms with Gasteiger partial charge in [-0.15, -0.1) is 0 Å². The van der Waals surface area contributed by atoms with Crippen molar-refractivity contribution in [2.75, 3.05) is 7.11 Å². The zero-order valence-electron chi connectivity index (χ0n) is 13.5. The molecular weight excluding hydrogens is 376 g/mol. The molecule has 0 bridgehead atoms. The van der Waals surface area contributed by atoms with Gasteiger partial charge in [-0.05, 0) is 53.7 Å². The third-order valence-electron chi connectivity index (χ3n) is 3.48. The van der Waals surface area contributed by atoms with E-state index in [2.05, 4.69) is 10.3 Å². The van der Waals surface area contributed by atoms with Crippen LogP contribution in [0.2, 0.25) is 5.02 Å². The number of carboxylic acid groups (broad SMARTS) is 1. The molecule has 1 aliphatic rings. The number of thioether (sulfide) groups is 1. The molecule has 0 radical (unpaired) electrons. The van der Waals surface area contributed by atoms with Crippen LogP contribution in [-0.2, 0) is 4.79 Å². The van der Waals surface area contributed by atoms with E-state index in [1.807, 2.05) is 12.1 Å². The first-order valence-corrected chi connectivity index (χ1v) is 8.62. The second-order valence-corrected chi connectivity index (χ2v) is 6.66. The molecule has 1 saturated heterocycles. The molecule has 0 saturated carbocycles. The molecule has 26 heavy (non-hydrogen) atoms. The van der Waals surface area contributed by atoms with Crippen molar-refractivity contribution in [1.29, 1.82) is 0 Å². The van der Waals surface area contributed by atoms with Crippen molar-refractivity contribution in [3.05, 3.63) is 63.5 Å². The lowest BCUT2D eigenvalue weighted by molar-refractivity contribution is -0.115. The number of halogens is 1. The van der Waals surface area contributed by atoms with E-state index in [0.29, 0.717) is 15.8 Å². The Bertz CT molecular complexity index is 939. The van der Waals surface area contributed by atoms with Crippen molar-refractivity contribution >= 4 is 52.2 Å². The molecule has 0 aromatic heterocycles. The molecular formula is C18H13ClN2O4S. The predicted octanol–water partition coefficient (Wildman–Crippen LogP) is 3.94. The minimum atomic E-state index is -1.14. The third kappa shape index (κ3) is 4.07. The highest BCUT2D eigenvalue weighted by Crippen LogP contribution is 2.29. The maximum absolute atomic E-state index is 12.1. The second kappa shape index (κ2) is 7.63. The first kappa shape index (κ1) is 18.0. The van der Waals surface area contributed by atoms with E-state index < -0.39 is 5.97 Å². The lowest BCUT2D eigenvalue weighted by Gasteiger charge is -2.01. The summed E-state index contributed by atoms with van der Waals surface area (Å²) >= 11 is 7.02. The number of hydrogen-bond donors (Lipinski definition) is 2. The van der Waals surface area contributed by atoms with E-state index in [-0.39, 0.29) is 16.5 Å². The van der Waals surface area contributed by atoms with E-state index in [1.54, 1.807) is 31.4 Å². The average Bonchev–Trinajstić information content (AvgIpc) is 2.96. The number of nitrogens with one attached hydrogen (secondary N) is 1. The number of benzene rings is 2. The summed E-state index contributed by atoms with van der Waals surface area (Å²) in [6, 6.07) is 11.7. The Morgan fingerprint density at radius 2 is 2.00 bits per heavy atom. The van der Waals surface area contributed by atoms with Crippen molar-refractivity contribution in [1.82, 2.24) is 5.32 Å². The van der Waals surface area contributed by atoms with E-state index in [9.17, 15) is 9.59 Å². The Morgan fingerprint density at radius 3 is 2.65 bits per heavy atom. The van der Waals surface area contributed by atoms with Crippen molar-refractivity contribution in [2.45, 2.75) is 0 Å². The highest BCUT2D eigenvalue weighted by Gasteiger charge is 2.24. The van der Waals surface area contributed by atoms with Gasteiger partial charge in [0.05, 0.1) is 28.3 Å². The minimum absolute atomic E-state index is 0.0446. The lowest BCUT2D eigenvalue weighted by atomic mass is 10.2. The highest BCUT2D eigenvalue weighted by molar-refractivity contribution is 8.18. The quantitative estimate of drug-likeness (QED) is 0.774. The molecule has 3 rings (SSSR count). The Kier molecular flexibility index (Phi) is 5.29. The zero-order chi connectivity index (χ0) is 18.7. The molecule has 132 valence electrons. The van der Waals surface area contributed by atoms with Gasteiger partial charge in [0.15, 0.2) is 5.17 Å². The number of aromatic carboxylic acids is 1. The molecule has 6 nitrogen and oxygen atoms in total. The van der Waals surface area contributed by atoms with Crippen molar-refractivity contribution in [3.8, 4) is 5.75 Å². The summed E-state index contributed by atoms with van der Waals surface area (Å²) in [6.07, 6.45) is 1.74.